The molecule has 1 atom stereocenters. The normalized spacial score (nSPS) is 19.1. The number of urea groups is 1. The lowest BCUT2D eigenvalue weighted by Crippen LogP contribution is -2.40. The van der Waals surface area contributed by atoms with Gasteiger partial charge < -0.3 is 15.3 Å². The Bertz CT molecular complexity index is 451. The summed E-state index contributed by atoms with van der Waals surface area (Å²) in [4.78, 5) is 13.7. The maximum absolute atomic E-state index is 12.9. The number of anilines is 1. The van der Waals surface area contributed by atoms with Crippen LogP contribution in [0.3, 0.4) is 0 Å². The first kappa shape index (κ1) is 12.8. The van der Waals surface area contributed by atoms with Crippen LogP contribution in [0.5, 0.6) is 0 Å². The van der Waals surface area contributed by atoms with Crippen molar-refractivity contribution in [1.29, 1.82) is 0 Å². The zero-order chi connectivity index (χ0) is 13.1. The highest BCUT2D eigenvalue weighted by molar-refractivity contribution is 5.90. The van der Waals surface area contributed by atoms with Gasteiger partial charge in [0.15, 0.2) is 0 Å². The number of aryl methyl sites for hydroxylation is 1. The van der Waals surface area contributed by atoms with Gasteiger partial charge in [0.25, 0.3) is 0 Å². The molecule has 1 fully saturated rings. The summed E-state index contributed by atoms with van der Waals surface area (Å²) in [7, 11) is 0. The molecule has 4 nitrogen and oxygen atoms in total. The summed E-state index contributed by atoms with van der Waals surface area (Å²) in [5.74, 6) is -0.320. The van der Waals surface area contributed by atoms with Crippen LogP contribution in [0, 0.1) is 12.7 Å². The maximum Gasteiger partial charge on any atom is 0.322 e. The van der Waals surface area contributed by atoms with E-state index < -0.39 is 0 Å². The number of rotatable bonds is 2. The Kier molecular flexibility index (Phi) is 3.81. The largest absolute Gasteiger partial charge is 0.394 e. The molecule has 0 unspecified atom stereocenters. The van der Waals surface area contributed by atoms with Gasteiger partial charge in [-0.3, -0.25) is 0 Å². The molecule has 2 N–H and O–H groups in total. The van der Waals surface area contributed by atoms with Gasteiger partial charge in [-0.1, -0.05) is 0 Å². The predicted octanol–water partition coefficient (Wildman–Crippen LogP) is 2.12. The lowest BCUT2D eigenvalue weighted by molar-refractivity contribution is 0.166. The second-order valence-electron chi connectivity index (χ2n) is 4.56. The highest BCUT2D eigenvalue weighted by Crippen LogP contribution is 2.20. The second kappa shape index (κ2) is 5.35. The van der Waals surface area contributed by atoms with Gasteiger partial charge in [0.05, 0.1) is 12.6 Å². The van der Waals surface area contributed by atoms with Gasteiger partial charge in [0.1, 0.15) is 5.82 Å². The van der Waals surface area contributed by atoms with Crippen LogP contribution < -0.4 is 5.32 Å². The van der Waals surface area contributed by atoms with Crippen LogP contribution in [-0.2, 0) is 0 Å². The van der Waals surface area contributed by atoms with E-state index in [9.17, 15) is 14.3 Å². The van der Waals surface area contributed by atoms with Crippen LogP contribution >= 0.6 is 0 Å². The number of amides is 2. The van der Waals surface area contributed by atoms with Crippen LogP contribution in [-0.4, -0.2) is 35.2 Å². The standard InChI is InChI=1S/C13H17FN2O2/c1-9-7-10(14)4-5-12(9)15-13(18)16-6-2-3-11(16)8-17/h4-5,7,11,17H,2-3,6,8H2,1H3,(H,15,18)/t11-/m0/s1. The lowest BCUT2D eigenvalue weighted by atomic mass is 10.2. The van der Waals surface area contributed by atoms with E-state index in [0.717, 1.165) is 12.8 Å². The number of nitrogens with zero attached hydrogens (tertiary/aromatic N) is 1. The average Bonchev–Trinajstić information content (AvgIpc) is 2.81. The lowest BCUT2D eigenvalue weighted by Gasteiger charge is -2.23. The molecule has 0 radical (unpaired) electrons. The number of benzene rings is 1. The summed E-state index contributed by atoms with van der Waals surface area (Å²) in [5, 5.41) is 11.9. The number of carbonyl (C=O) groups excluding carboxylic acids is 1. The number of carbonyl (C=O) groups is 1. The summed E-state index contributed by atoms with van der Waals surface area (Å²) < 4.78 is 12.9. The van der Waals surface area contributed by atoms with Gasteiger partial charge in [-0.05, 0) is 43.5 Å². The van der Waals surface area contributed by atoms with Gasteiger partial charge in [-0.2, -0.15) is 0 Å². The minimum Gasteiger partial charge on any atom is -0.394 e. The quantitative estimate of drug-likeness (QED) is 0.847. The monoisotopic (exact) mass is 252 g/mol. The fourth-order valence-electron chi connectivity index (χ4n) is 2.25. The Balaban J connectivity index is 2.07. The van der Waals surface area contributed by atoms with Crippen molar-refractivity contribution in [2.75, 3.05) is 18.5 Å². The van der Waals surface area contributed by atoms with Gasteiger partial charge in [0, 0.05) is 12.2 Å². The molecule has 1 aliphatic heterocycles. The molecule has 0 saturated carbocycles. The zero-order valence-corrected chi connectivity index (χ0v) is 10.3. The number of likely N-dealkylation sites (tertiary alicyclic amines) is 1. The van der Waals surface area contributed by atoms with Crippen molar-refractivity contribution in [2.45, 2.75) is 25.8 Å². The van der Waals surface area contributed by atoms with Crippen molar-refractivity contribution in [3.8, 4) is 0 Å². The van der Waals surface area contributed by atoms with E-state index in [1.165, 1.54) is 12.1 Å². The minimum absolute atomic E-state index is 0.0180. The Hall–Kier alpha value is -1.62. The molecule has 2 rings (SSSR count). The molecule has 0 aliphatic carbocycles. The average molecular weight is 252 g/mol. The number of aliphatic hydroxyl groups excluding tert-OH is 1. The number of halogens is 1. The number of nitrogens with one attached hydrogen (secondary N) is 1. The molecule has 1 saturated heterocycles. The van der Waals surface area contributed by atoms with Crippen LogP contribution in [0.15, 0.2) is 18.2 Å². The Morgan fingerprint density at radius 3 is 3.06 bits per heavy atom. The van der Waals surface area contributed by atoms with Crippen molar-refractivity contribution in [3.05, 3.63) is 29.6 Å². The van der Waals surface area contributed by atoms with E-state index in [-0.39, 0.29) is 24.5 Å². The Morgan fingerprint density at radius 2 is 2.39 bits per heavy atom. The molecule has 0 spiro atoms. The Morgan fingerprint density at radius 1 is 1.61 bits per heavy atom. The number of aliphatic hydroxyl groups is 1. The first-order valence-electron chi connectivity index (χ1n) is 6.06. The number of hydrogen-bond donors (Lipinski definition) is 2. The van der Waals surface area contributed by atoms with Crippen LogP contribution in [0.4, 0.5) is 14.9 Å². The molecule has 1 aromatic carbocycles. The van der Waals surface area contributed by atoms with E-state index >= 15 is 0 Å². The second-order valence-corrected chi connectivity index (χ2v) is 4.56. The van der Waals surface area contributed by atoms with Crippen LogP contribution in [0.25, 0.3) is 0 Å². The fourth-order valence-corrected chi connectivity index (χ4v) is 2.25. The third-order valence-corrected chi connectivity index (χ3v) is 3.28. The van der Waals surface area contributed by atoms with Gasteiger partial charge in [-0.25, -0.2) is 9.18 Å². The molecule has 0 bridgehead atoms. The van der Waals surface area contributed by atoms with Crippen LogP contribution in [0.2, 0.25) is 0 Å². The minimum atomic E-state index is -0.320. The summed E-state index contributed by atoms with van der Waals surface area (Å²) in [5.41, 5.74) is 1.29. The SMILES string of the molecule is Cc1cc(F)ccc1NC(=O)N1CCC[C@H]1CO. The van der Waals surface area contributed by atoms with Crippen molar-refractivity contribution < 1.29 is 14.3 Å². The maximum atomic E-state index is 12.9. The van der Waals surface area contributed by atoms with E-state index in [2.05, 4.69) is 5.32 Å². The fraction of sp³-hybridized carbons (Fsp3) is 0.462. The van der Waals surface area contributed by atoms with Gasteiger partial charge >= 0.3 is 6.03 Å². The smallest absolute Gasteiger partial charge is 0.322 e. The first-order valence-corrected chi connectivity index (χ1v) is 6.06. The van der Waals surface area contributed by atoms with Crippen LogP contribution in [0.1, 0.15) is 18.4 Å². The molecule has 5 heteroatoms. The Labute approximate surface area is 105 Å². The summed E-state index contributed by atoms with van der Waals surface area (Å²) >= 11 is 0. The van der Waals surface area contributed by atoms with Gasteiger partial charge in [-0.15, -0.1) is 0 Å². The number of hydrogen-bond acceptors (Lipinski definition) is 2. The van der Waals surface area contributed by atoms with E-state index in [1.54, 1.807) is 17.9 Å². The third kappa shape index (κ3) is 2.61. The predicted molar refractivity (Wildman–Crippen MR) is 67.0 cm³/mol. The molecular weight excluding hydrogens is 235 g/mol. The third-order valence-electron chi connectivity index (χ3n) is 3.28. The summed E-state index contributed by atoms with van der Waals surface area (Å²) in [6.07, 6.45) is 1.73. The topological polar surface area (TPSA) is 52.6 Å². The summed E-state index contributed by atoms with van der Waals surface area (Å²) in [6.45, 7) is 2.37. The molecule has 1 heterocycles. The van der Waals surface area contributed by atoms with Crippen molar-refractivity contribution in [3.63, 3.8) is 0 Å². The molecule has 2 amide bonds. The van der Waals surface area contributed by atoms with Crippen molar-refractivity contribution >= 4 is 11.7 Å². The van der Waals surface area contributed by atoms with Crippen molar-refractivity contribution in [2.24, 2.45) is 0 Å². The molecule has 1 aliphatic rings. The highest BCUT2D eigenvalue weighted by atomic mass is 19.1. The van der Waals surface area contributed by atoms with E-state index in [0.29, 0.717) is 17.8 Å². The molecule has 0 aromatic heterocycles. The summed E-state index contributed by atoms with van der Waals surface area (Å²) in [6, 6.07) is 3.90. The first-order chi connectivity index (χ1) is 8.61. The molecular formula is C13H17FN2O2. The molecule has 98 valence electrons. The van der Waals surface area contributed by atoms with Gasteiger partial charge in [0.2, 0.25) is 0 Å². The van der Waals surface area contributed by atoms with Crippen molar-refractivity contribution in [1.82, 2.24) is 4.90 Å². The zero-order valence-electron chi connectivity index (χ0n) is 10.3. The van der Waals surface area contributed by atoms with E-state index in [4.69, 9.17) is 0 Å². The molecule has 1 aromatic rings. The highest BCUT2D eigenvalue weighted by Gasteiger charge is 2.28. The van der Waals surface area contributed by atoms with E-state index in [1.807, 2.05) is 0 Å². The molecule has 18 heavy (non-hydrogen) atoms.